The van der Waals surface area contributed by atoms with Gasteiger partial charge in [0.05, 0.1) is 0 Å². The van der Waals surface area contributed by atoms with E-state index in [-0.39, 0.29) is 0 Å². The van der Waals surface area contributed by atoms with E-state index >= 15 is 0 Å². The van der Waals surface area contributed by atoms with Gasteiger partial charge in [0.25, 0.3) is 0 Å². The van der Waals surface area contributed by atoms with Crippen molar-refractivity contribution in [1.82, 2.24) is 5.32 Å². The molecule has 1 radical (unpaired) electrons. The second kappa shape index (κ2) is 8.35. The zero-order valence-electron chi connectivity index (χ0n) is 6.90. The second-order valence-electron chi connectivity index (χ2n) is 1.85. The van der Waals surface area contributed by atoms with Crippen LogP contribution in [0.3, 0.4) is 0 Å². The van der Waals surface area contributed by atoms with Gasteiger partial charge in [-0.15, -0.1) is 0 Å². The van der Waals surface area contributed by atoms with Crippen molar-refractivity contribution in [3.8, 4) is 0 Å². The molecule has 0 fully saturated rings. The maximum Gasteiger partial charge on any atom is 0.352 e. The van der Waals surface area contributed by atoms with Crippen LogP contribution in [0.15, 0.2) is 0 Å². The van der Waals surface area contributed by atoms with E-state index in [1.54, 1.807) is 7.05 Å². The van der Waals surface area contributed by atoms with Crippen molar-refractivity contribution in [1.29, 1.82) is 0 Å². The van der Waals surface area contributed by atoms with Crippen molar-refractivity contribution >= 4 is 24.6 Å². The Morgan fingerprint density at radius 2 is 1.92 bits per heavy atom. The Hall–Kier alpha value is -0.750. The first-order chi connectivity index (χ1) is 5.45. The molecule has 0 amide bonds. The number of hydrogen-bond acceptors (Lipinski definition) is 4. The number of carbonyl (C=O) groups is 2. The molecule has 0 aliphatic heterocycles. The molecule has 12 heavy (non-hydrogen) atoms. The summed E-state index contributed by atoms with van der Waals surface area (Å²) >= 11 is 3.79. The summed E-state index contributed by atoms with van der Waals surface area (Å²) in [6.45, 7) is 0.972. The van der Waals surface area contributed by atoms with Crippen LogP contribution in [-0.4, -0.2) is 35.9 Å². The number of likely N-dealkylation sites (N-methyl/N-ethyl adjacent to an activating group) is 1. The van der Waals surface area contributed by atoms with Gasteiger partial charge in [0.2, 0.25) is 0 Å². The standard InChI is InChI=1S/C4H9NO2S.C2H3O2/c1-5-3(2-8)4(6)7;1-2(3)4/h3,5,8H,2H2,1H3,(H,6,7);1H3. The van der Waals surface area contributed by atoms with Crippen LogP contribution in [0, 0.1) is 0 Å². The predicted molar refractivity (Wildman–Crippen MR) is 45.7 cm³/mol. The third-order valence-electron chi connectivity index (χ3n) is 0.829. The van der Waals surface area contributed by atoms with Crippen LogP contribution >= 0.6 is 12.6 Å². The Labute approximate surface area is 76.2 Å². The van der Waals surface area contributed by atoms with Gasteiger partial charge in [0, 0.05) is 12.7 Å². The van der Waals surface area contributed by atoms with E-state index in [2.05, 4.69) is 17.9 Å². The molecule has 0 saturated carbocycles. The monoisotopic (exact) mass is 194 g/mol. The highest BCUT2D eigenvalue weighted by Gasteiger charge is 2.10. The largest absolute Gasteiger partial charge is 0.480 e. The number of nitrogens with one attached hydrogen (secondary N) is 1. The maximum atomic E-state index is 10.1. The summed E-state index contributed by atoms with van der Waals surface area (Å²) in [4.78, 5) is 18.9. The van der Waals surface area contributed by atoms with Crippen molar-refractivity contribution in [3.05, 3.63) is 0 Å². The summed E-state index contributed by atoms with van der Waals surface area (Å²) in [6.07, 6.45) is 0. The first kappa shape index (κ1) is 13.8. The summed E-state index contributed by atoms with van der Waals surface area (Å²) in [7, 11) is 1.59. The maximum absolute atomic E-state index is 10.1. The zero-order valence-corrected chi connectivity index (χ0v) is 7.80. The summed E-state index contributed by atoms with van der Waals surface area (Å²) in [6, 6.07) is -0.515. The predicted octanol–water partition coefficient (Wildman–Crippen LogP) is -0.448. The van der Waals surface area contributed by atoms with Gasteiger partial charge in [-0.1, -0.05) is 0 Å². The fourth-order valence-electron chi connectivity index (χ4n) is 0.293. The lowest BCUT2D eigenvalue weighted by Gasteiger charge is -2.04. The number of thiol groups is 1. The molecule has 1 atom stereocenters. The van der Waals surface area contributed by atoms with Gasteiger partial charge >= 0.3 is 11.9 Å². The zero-order chi connectivity index (χ0) is 10.1. The van der Waals surface area contributed by atoms with Gasteiger partial charge in [0.1, 0.15) is 6.04 Å². The van der Waals surface area contributed by atoms with Gasteiger partial charge < -0.3 is 10.4 Å². The molecule has 1 unspecified atom stereocenters. The number of rotatable bonds is 3. The van der Waals surface area contributed by atoms with Gasteiger partial charge in [-0.25, -0.2) is 9.90 Å². The van der Waals surface area contributed by atoms with Gasteiger partial charge in [-0.2, -0.15) is 12.6 Å². The Kier molecular flexibility index (Phi) is 9.61. The topological polar surface area (TPSA) is 86.3 Å². The van der Waals surface area contributed by atoms with Crippen molar-refractivity contribution < 1.29 is 19.8 Å². The van der Waals surface area contributed by atoms with E-state index in [1.165, 1.54) is 0 Å². The molecule has 0 rings (SSSR count). The Bertz CT molecular complexity index is 142. The average molecular weight is 194 g/mol. The van der Waals surface area contributed by atoms with Gasteiger partial charge in [-0.3, -0.25) is 4.79 Å². The Morgan fingerprint density at radius 1 is 1.58 bits per heavy atom. The fourth-order valence-corrected chi connectivity index (χ4v) is 0.632. The number of carboxylic acid groups (broad SMARTS) is 1. The molecule has 0 aromatic carbocycles. The van der Waals surface area contributed by atoms with Crippen molar-refractivity contribution in [2.45, 2.75) is 13.0 Å². The molecule has 0 bridgehead atoms. The molecule has 0 aromatic heterocycles. The lowest BCUT2D eigenvalue weighted by molar-refractivity contribution is -0.140. The van der Waals surface area contributed by atoms with E-state index in [0.29, 0.717) is 5.75 Å². The number of carbonyl (C=O) groups excluding carboxylic acids is 1. The Balaban J connectivity index is 0. The van der Waals surface area contributed by atoms with Crippen molar-refractivity contribution in [2.24, 2.45) is 0 Å². The lowest BCUT2D eigenvalue weighted by Crippen LogP contribution is -2.35. The van der Waals surface area contributed by atoms with Crippen LogP contribution in [0.5, 0.6) is 0 Å². The molecule has 0 spiro atoms. The van der Waals surface area contributed by atoms with Crippen molar-refractivity contribution in [3.63, 3.8) is 0 Å². The first-order valence-corrected chi connectivity index (χ1v) is 3.77. The summed E-state index contributed by atoms with van der Waals surface area (Å²) < 4.78 is 0. The van der Waals surface area contributed by atoms with Gasteiger partial charge in [0.15, 0.2) is 0 Å². The molecule has 5 nitrogen and oxygen atoms in total. The van der Waals surface area contributed by atoms with Crippen LogP contribution in [0.25, 0.3) is 0 Å². The van der Waals surface area contributed by atoms with Gasteiger partial charge in [-0.05, 0) is 7.05 Å². The molecule has 6 heteroatoms. The van der Waals surface area contributed by atoms with Crippen LogP contribution in [0.1, 0.15) is 6.92 Å². The van der Waals surface area contributed by atoms with E-state index in [4.69, 9.17) is 15.0 Å². The number of hydrogen-bond donors (Lipinski definition) is 3. The molecule has 0 aromatic rings. The highest BCUT2D eigenvalue weighted by Crippen LogP contribution is 1.84. The van der Waals surface area contributed by atoms with Crippen molar-refractivity contribution in [2.75, 3.05) is 12.8 Å². The second-order valence-corrected chi connectivity index (χ2v) is 2.22. The Morgan fingerprint density at radius 3 is 1.92 bits per heavy atom. The normalized spacial score (nSPS) is 10.9. The third kappa shape index (κ3) is 12.0. The summed E-state index contributed by atoms with van der Waals surface area (Å²) in [5.41, 5.74) is 0. The molecule has 0 aliphatic rings. The smallest absolute Gasteiger partial charge is 0.352 e. The highest BCUT2D eigenvalue weighted by molar-refractivity contribution is 7.80. The van der Waals surface area contributed by atoms with Crippen LogP contribution in [0.4, 0.5) is 0 Å². The van der Waals surface area contributed by atoms with E-state index < -0.39 is 18.0 Å². The number of carboxylic acids is 1. The lowest BCUT2D eigenvalue weighted by atomic mass is 10.3. The third-order valence-corrected chi connectivity index (χ3v) is 1.19. The minimum absolute atomic E-state index is 0.325. The summed E-state index contributed by atoms with van der Waals surface area (Å²) in [5, 5.41) is 19.7. The average Bonchev–Trinajstić information content (AvgIpc) is 1.87. The van der Waals surface area contributed by atoms with E-state index in [0.717, 1.165) is 6.92 Å². The minimum atomic E-state index is -1.08. The first-order valence-electron chi connectivity index (χ1n) is 3.14. The van der Waals surface area contributed by atoms with Crippen LogP contribution in [-0.2, 0) is 14.7 Å². The molecular formula is C6H12NO4S. The number of aliphatic carboxylic acids is 1. The van der Waals surface area contributed by atoms with E-state index in [1.807, 2.05) is 0 Å². The van der Waals surface area contributed by atoms with E-state index in [9.17, 15) is 4.79 Å². The molecule has 0 saturated heterocycles. The summed E-state index contributed by atoms with van der Waals surface area (Å²) in [5.74, 6) is -1.62. The van der Waals surface area contributed by atoms with Crippen LogP contribution < -0.4 is 5.32 Å². The molecule has 2 N–H and O–H groups in total. The fraction of sp³-hybridized carbons (Fsp3) is 0.667. The molecular weight excluding hydrogens is 182 g/mol. The quantitative estimate of drug-likeness (QED) is 0.531. The highest BCUT2D eigenvalue weighted by atomic mass is 32.1. The molecule has 71 valence electrons. The molecule has 0 heterocycles. The van der Waals surface area contributed by atoms with Crippen LogP contribution in [0.2, 0.25) is 0 Å². The SMILES string of the molecule is CC([O])=O.CNC(CS)C(=O)O. The minimum Gasteiger partial charge on any atom is -0.480 e. The molecule has 0 aliphatic carbocycles.